The Morgan fingerprint density at radius 1 is 1.60 bits per heavy atom. The van der Waals surface area contributed by atoms with Gasteiger partial charge in [-0.05, 0) is 25.5 Å². The second kappa shape index (κ2) is 5.46. The van der Waals surface area contributed by atoms with Gasteiger partial charge in [-0.3, -0.25) is 14.9 Å². The number of nitrogen functional groups attached to an aromatic ring is 1. The molecule has 2 rings (SSSR count). The van der Waals surface area contributed by atoms with Crippen LogP contribution in [0.5, 0.6) is 0 Å². The molecule has 0 saturated carbocycles. The fraction of sp³-hybridized carbons (Fsp3) is 0.462. The quantitative estimate of drug-likeness (QED) is 0.487. The van der Waals surface area contributed by atoms with E-state index >= 15 is 0 Å². The van der Waals surface area contributed by atoms with E-state index in [1.807, 2.05) is 0 Å². The Labute approximate surface area is 116 Å². The van der Waals surface area contributed by atoms with E-state index in [-0.39, 0.29) is 22.9 Å². The number of nitro benzene ring substituents is 1. The summed E-state index contributed by atoms with van der Waals surface area (Å²) in [6.45, 7) is 2.57. The number of carbonyl (C=O) groups excluding carboxylic acids is 1. The second-order valence-electron chi connectivity index (χ2n) is 5.04. The standard InChI is InChI=1S/C13H17N3O4/c1-8(17)9-5-6-15(7-9)13(18)10-3-2-4-11(14)12(10)16(19)20/h2-4,8-9,17H,5-7,14H2,1H3. The summed E-state index contributed by atoms with van der Waals surface area (Å²) in [4.78, 5) is 24.3. The minimum Gasteiger partial charge on any atom is -0.393 e. The van der Waals surface area contributed by atoms with E-state index in [0.717, 1.165) is 0 Å². The molecule has 1 fully saturated rings. The lowest BCUT2D eigenvalue weighted by atomic mass is 10.0. The van der Waals surface area contributed by atoms with Crippen molar-refractivity contribution in [3.05, 3.63) is 33.9 Å². The molecule has 0 aliphatic carbocycles. The van der Waals surface area contributed by atoms with Crippen LogP contribution in [0.3, 0.4) is 0 Å². The SMILES string of the molecule is CC(O)C1CCN(C(=O)c2cccc(N)c2[N+](=O)[O-])C1. The molecule has 2 unspecified atom stereocenters. The number of likely N-dealkylation sites (tertiary alicyclic amines) is 1. The van der Waals surface area contributed by atoms with E-state index in [2.05, 4.69) is 0 Å². The first-order valence-corrected chi connectivity index (χ1v) is 6.42. The fourth-order valence-electron chi connectivity index (χ4n) is 2.47. The molecule has 0 radical (unpaired) electrons. The van der Waals surface area contributed by atoms with Gasteiger partial charge in [0, 0.05) is 19.0 Å². The van der Waals surface area contributed by atoms with E-state index in [9.17, 15) is 20.0 Å². The molecule has 108 valence electrons. The molecule has 2 atom stereocenters. The molecular weight excluding hydrogens is 262 g/mol. The maximum Gasteiger partial charge on any atom is 0.304 e. The first kappa shape index (κ1) is 14.3. The van der Waals surface area contributed by atoms with E-state index < -0.39 is 16.9 Å². The van der Waals surface area contributed by atoms with Crippen molar-refractivity contribution in [1.29, 1.82) is 0 Å². The molecule has 0 bridgehead atoms. The number of hydrogen-bond acceptors (Lipinski definition) is 5. The number of nitrogens with two attached hydrogens (primary N) is 1. The zero-order valence-electron chi connectivity index (χ0n) is 11.2. The summed E-state index contributed by atoms with van der Waals surface area (Å²) in [5.41, 5.74) is 5.21. The van der Waals surface area contributed by atoms with Crippen molar-refractivity contribution in [3.8, 4) is 0 Å². The normalized spacial score (nSPS) is 19.9. The van der Waals surface area contributed by atoms with Gasteiger partial charge in [0.2, 0.25) is 0 Å². The van der Waals surface area contributed by atoms with Crippen LogP contribution >= 0.6 is 0 Å². The van der Waals surface area contributed by atoms with Crippen molar-refractivity contribution < 1.29 is 14.8 Å². The van der Waals surface area contributed by atoms with E-state index in [1.165, 1.54) is 23.1 Å². The molecule has 0 spiro atoms. The van der Waals surface area contributed by atoms with Gasteiger partial charge in [0.25, 0.3) is 5.91 Å². The van der Waals surface area contributed by atoms with Gasteiger partial charge in [-0.15, -0.1) is 0 Å². The predicted molar refractivity (Wildman–Crippen MR) is 73.2 cm³/mol. The lowest BCUT2D eigenvalue weighted by Gasteiger charge is -2.18. The third-order valence-corrected chi connectivity index (χ3v) is 3.67. The Kier molecular flexibility index (Phi) is 3.89. The summed E-state index contributed by atoms with van der Waals surface area (Å²) in [6, 6.07) is 4.34. The highest BCUT2D eigenvalue weighted by Crippen LogP contribution is 2.29. The number of amides is 1. The molecule has 1 amide bonds. The Morgan fingerprint density at radius 3 is 2.85 bits per heavy atom. The molecule has 1 aromatic carbocycles. The molecule has 1 saturated heterocycles. The highest BCUT2D eigenvalue weighted by atomic mass is 16.6. The van der Waals surface area contributed by atoms with Crippen molar-refractivity contribution in [1.82, 2.24) is 4.90 Å². The van der Waals surface area contributed by atoms with Crippen LogP contribution in [0.25, 0.3) is 0 Å². The zero-order valence-corrected chi connectivity index (χ0v) is 11.2. The molecule has 1 aromatic rings. The van der Waals surface area contributed by atoms with E-state index in [4.69, 9.17) is 5.73 Å². The van der Waals surface area contributed by atoms with Gasteiger partial charge in [0.05, 0.1) is 11.0 Å². The fourth-order valence-corrected chi connectivity index (χ4v) is 2.47. The number of nitrogens with zero attached hydrogens (tertiary/aromatic N) is 2. The zero-order chi connectivity index (χ0) is 14.9. The lowest BCUT2D eigenvalue weighted by molar-refractivity contribution is -0.384. The van der Waals surface area contributed by atoms with Crippen molar-refractivity contribution in [2.45, 2.75) is 19.4 Å². The Hall–Kier alpha value is -2.15. The number of benzene rings is 1. The molecule has 7 heteroatoms. The number of nitro groups is 1. The highest BCUT2D eigenvalue weighted by Gasteiger charge is 2.33. The van der Waals surface area contributed by atoms with Crippen molar-refractivity contribution in [2.75, 3.05) is 18.8 Å². The molecular formula is C13H17N3O4. The summed E-state index contributed by atoms with van der Waals surface area (Å²) < 4.78 is 0. The number of aliphatic hydroxyl groups is 1. The maximum absolute atomic E-state index is 12.4. The van der Waals surface area contributed by atoms with E-state index in [1.54, 1.807) is 6.92 Å². The van der Waals surface area contributed by atoms with Gasteiger partial charge in [0.15, 0.2) is 0 Å². The number of anilines is 1. The molecule has 1 heterocycles. The molecule has 1 aliphatic rings. The average Bonchev–Trinajstić information content (AvgIpc) is 2.86. The van der Waals surface area contributed by atoms with Crippen molar-refractivity contribution in [2.24, 2.45) is 5.92 Å². The number of para-hydroxylation sites is 1. The Morgan fingerprint density at radius 2 is 2.30 bits per heavy atom. The molecule has 1 aliphatic heterocycles. The highest BCUT2D eigenvalue weighted by molar-refractivity contribution is 6.00. The van der Waals surface area contributed by atoms with Crippen LogP contribution in [0.15, 0.2) is 18.2 Å². The van der Waals surface area contributed by atoms with E-state index in [0.29, 0.717) is 19.5 Å². The van der Waals surface area contributed by atoms with Crippen LogP contribution in [0, 0.1) is 16.0 Å². The van der Waals surface area contributed by atoms with Crippen molar-refractivity contribution >= 4 is 17.3 Å². The summed E-state index contributed by atoms with van der Waals surface area (Å²) in [6.07, 6.45) is 0.197. The summed E-state index contributed by atoms with van der Waals surface area (Å²) in [7, 11) is 0. The van der Waals surface area contributed by atoms with Crippen LogP contribution < -0.4 is 5.73 Å². The second-order valence-corrected chi connectivity index (χ2v) is 5.04. The lowest BCUT2D eigenvalue weighted by Crippen LogP contribution is -2.31. The van der Waals surface area contributed by atoms with Crippen LogP contribution in [0.1, 0.15) is 23.7 Å². The third kappa shape index (κ3) is 2.57. The minimum absolute atomic E-state index is 0.00115. The molecule has 7 nitrogen and oxygen atoms in total. The van der Waals surface area contributed by atoms with Gasteiger partial charge in [-0.2, -0.15) is 0 Å². The van der Waals surface area contributed by atoms with Gasteiger partial charge < -0.3 is 15.7 Å². The number of rotatable bonds is 3. The van der Waals surface area contributed by atoms with Crippen LogP contribution in [0.2, 0.25) is 0 Å². The molecule has 0 aromatic heterocycles. The average molecular weight is 279 g/mol. The number of hydrogen-bond donors (Lipinski definition) is 2. The van der Waals surface area contributed by atoms with Crippen molar-refractivity contribution in [3.63, 3.8) is 0 Å². The largest absolute Gasteiger partial charge is 0.393 e. The van der Waals surface area contributed by atoms with Gasteiger partial charge in [-0.1, -0.05) is 6.07 Å². The Balaban J connectivity index is 2.27. The molecule has 20 heavy (non-hydrogen) atoms. The maximum atomic E-state index is 12.4. The monoisotopic (exact) mass is 279 g/mol. The smallest absolute Gasteiger partial charge is 0.304 e. The molecule has 3 N–H and O–H groups in total. The summed E-state index contributed by atoms with van der Waals surface area (Å²) in [5.74, 6) is -0.397. The predicted octanol–water partition coefficient (Wildman–Crippen LogP) is 1.02. The third-order valence-electron chi connectivity index (χ3n) is 3.67. The number of aliphatic hydroxyl groups excluding tert-OH is 1. The van der Waals surface area contributed by atoms with Crippen LogP contribution in [-0.2, 0) is 0 Å². The van der Waals surface area contributed by atoms with Crippen LogP contribution in [-0.4, -0.2) is 40.0 Å². The summed E-state index contributed by atoms with van der Waals surface area (Å²) >= 11 is 0. The number of carbonyl (C=O) groups is 1. The van der Waals surface area contributed by atoms with Crippen LogP contribution in [0.4, 0.5) is 11.4 Å². The first-order chi connectivity index (χ1) is 9.41. The van der Waals surface area contributed by atoms with Gasteiger partial charge >= 0.3 is 5.69 Å². The topological polar surface area (TPSA) is 110 Å². The minimum atomic E-state index is -0.634. The summed E-state index contributed by atoms with van der Waals surface area (Å²) in [5, 5.41) is 20.6. The van der Waals surface area contributed by atoms with Gasteiger partial charge in [-0.25, -0.2) is 0 Å². The Bertz CT molecular complexity index is 544. The first-order valence-electron chi connectivity index (χ1n) is 6.42. The van der Waals surface area contributed by atoms with Gasteiger partial charge in [0.1, 0.15) is 11.3 Å².